The third-order valence-corrected chi connectivity index (χ3v) is 6.37. The van der Waals surface area contributed by atoms with Gasteiger partial charge in [0.2, 0.25) is 0 Å². The molecule has 35 heavy (non-hydrogen) atoms. The molecule has 6 nitrogen and oxygen atoms in total. The monoisotopic (exact) mass is 535 g/mol. The smallest absolute Gasteiger partial charge is 0.311 e. The Kier molecular flexibility index (Phi) is 7.55. The summed E-state index contributed by atoms with van der Waals surface area (Å²) >= 11 is 3.51. The molecule has 0 fully saturated rings. The quantitative estimate of drug-likeness (QED) is 0.236. The van der Waals surface area contributed by atoms with Gasteiger partial charge in [-0.2, -0.15) is 0 Å². The number of aromatic nitrogens is 3. The molecule has 0 saturated heterocycles. The van der Waals surface area contributed by atoms with Gasteiger partial charge < -0.3 is 14.0 Å². The summed E-state index contributed by atoms with van der Waals surface area (Å²) in [6.45, 7) is 9.00. The summed E-state index contributed by atoms with van der Waals surface area (Å²) in [6, 6.07) is 18.1. The van der Waals surface area contributed by atoms with E-state index in [-0.39, 0.29) is 5.97 Å². The van der Waals surface area contributed by atoms with Crippen LogP contribution in [-0.2, 0) is 29.1 Å². The van der Waals surface area contributed by atoms with Gasteiger partial charge in [0.25, 0.3) is 0 Å². The highest BCUT2D eigenvalue weighted by atomic mass is 79.9. The van der Waals surface area contributed by atoms with Crippen molar-refractivity contribution in [2.45, 2.75) is 47.3 Å². The van der Waals surface area contributed by atoms with Gasteiger partial charge in [-0.3, -0.25) is 9.78 Å². The average molecular weight is 536 g/mol. The number of halogens is 1. The lowest BCUT2D eigenvalue weighted by Gasteiger charge is -2.22. The van der Waals surface area contributed by atoms with Crippen LogP contribution in [0.3, 0.4) is 0 Å². The highest BCUT2D eigenvalue weighted by Crippen LogP contribution is 2.29. The van der Waals surface area contributed by atoms with Crippen molar-refractivity contribution in [1.29, 1.82) is 0 Å². The molecule has 4 rings (SSSR count). The SMILES string of the molecule is CCOC(=O)C(C)(C)Cc1nc2ccc(OCc3ccc(C)cn3)cc2n1Cc1ccc(Br)cc1. The molecule has 0 aliphatic carbocycles. The zero-order chi connectivity index (χ0) is 25.0. The number of aryl methyl sites for hydroxylation is 1. The highest BCUT2D eigenvalue weighted by molar-refractivity contribution is 9.10. The number of ether oxygens (including phenoxy) is 2. The van der Waals surface area contributed by atoms with Gasteiger partial charge in [0.15, 0.2) is 0 Å². The number of nitrogens with zero attached hydrogens (tertiary/aromatic N) is 3. The molecule has 0 saturated carbocycles. The van der Waals surface area contributed by atoms with E-state index in [1.165, 1.54) is 0 Å². The van der Waals surface area contributed by atoms with Crippen LogP contribution in [0.4, 0.5) is 0 Å². The van der Waals surface area contributed by atoms with E-state index in [4.69, 9.17) is 14.5 Å². The van der Waals surface area contributed by atoms with Gasteiger partial charge in [0.1, 0.15) is 18.2 Å². The first-order valence-corrected chi connectivity index (χ1v) is 12.5. The van der Waals surface area contributed by atoms with Gasteiger partial charge in [0, 0.05) is 29.7 Å². The molecule has 0 aliphatic heterocycles. The number of carbonyl (C=O) groups excluding carboxylic acids is 1. The molecule has 0 amide bonds. The minimum atomic E-state index is -0.703. The Balaban J connectivity index is 1.68. The number of carbonyl (C=O) groups is 1. The standard InChI is InChI=1S/C28H30BrN3O3/c1-5-34-27(33)28(3,4)15-26-31-24-13-12-23(35-18-22-11-6-19(2)16-30-22)14-25(24)32(26)17-20-7-9-21(29)10-8-20/h6-14,16H,5,15,17-18H2,1-4H3. The Morgan fingerprint density at radius 2 is 1.86 bits per heavy atom. The highest BCUT2D eigenvalue weighted by Gasteiger charge is 2.32. The molecule has 2 aromatic carbocycles. The van der Waals surface area contributed by atoms with Crippen LogP contribution in [0, 0.1) is 12.3 Å². The van der Waals surface area contributed by atoms with Gasteiger partial charge in [0.05, 0.1) is 28.7 Å². The average Bonchev–Trinajstić information content (AvgIpc) is 3.15. The number of rotatable bonds is 9. The van der Waals surface area contributed by atoms with Crippen molar-refractivity contribution in [1.82, 2.24) is 14.5 Å². The number of esters is 1. The Hall–Kier alpha value is -3.19. The van der Waals surface area contributed by atoms with Crippen LogP contribution in [0.5, 0.6) is 5.75 Å². The lowest BCUT2D eigenvalue weighted by atomic mass is 9.89. The van der Waals surface area contributed by atoms with E-state index in [2.05, 4.69) is 37.6 Å². The lowest BCUT2D eigenvalue weighted by molar-refractivity contribution is -0.153. The van der Waals surface area contributed by atoms with Crippen LogP contribution < -0.4 is 4.74 Å². The molecule has 0 bridgehead atoms. The molecule has 0 unspecified atom stereocenters. The van der Waals surface area contributed by atoms with Crippen LogP contribution in [0.2, 0.25) is 0 Å². The van der Waals surface area contributed by atoms with Crippen molar-refractivity contribution in [2.75, 3.05) is 6.61 Å². The number of imidazole rings is 1. The topological polar surface area (TPSA) is 66.2 Å². The van der Waals surface area contributed by atoms with Crippen molar-refractivity contribution in [3.63, 3.8) is 0 Å². The van der Waals surface area contributed by atoms with Gasteiger partial charge in [-0.15, -0.1) is 0 Å². The second-order valence-corrected chi connectivity index (χ2v) is 10.2. The molecule has 2 aromatic heterocycles. The summed E-state index contributed by atoms with van der Waals surface area (Å²) in [5.74, 6) is 1.35. The number of hydrogen-bond donors (Lipinski definition) is 0. The molecule has 0 N–H and O–H groups in total. The first-order chi connectivity index (χ1) is 16.7. The Bertz CT molecular complexity index is 1310. The summed E-state index contributed by atoms with van der Waals surface area (Å²) in [5.41, 5.74) is 4.24. The van der Waals surface area contributed by atoms with Gasteiger partial charge in [-0.05, 0) is 69.2 Å². The van der Waals surface area contributed by atoms with Crippen LogP contribution in [0.25, 0.3) is 11.0 Å². The summed E-state index contributed by atoms with van der Waals surface area (Å²) in [6.07, 6.45) is 2.30. The molecule has 0 spiro atoms. The number of hydrogen-bond acceptors (Lipinski definition) is 5. The normalized spacial score (nSPS) is 11.6. The summed E-state index contributed by atoms with van der Waals surface area (Å²) in [7, 11) is 0. The van der Waals surface area contributed by atoms with Crippen LogP contribution in [0.1, 0.15) is 43.4 Å². The minimum absolute atomic E-state index is 0.225. The van der Waals surface area contributed by atoms with Gasteiger partial charge in [-0.25, -0.2) is 4.98 Å². The van der Waals surface area contributed by atoms with Gasteiger partial charge >= 0.3 is 5.97 Å². The maximum absolute atomic E-state index is 12.6. The van der Waals surface area contributed by atoms with Crippen molar-refractivity contribution >= 4 is 32.9 Å². The van der Waals surface area contributed by atoms with Crippen LogP contribution in [-0.4, -0.2) is 27.1 Å². The van der Waals surface area contributed by atoms with E-state index in [1.54, 1.807) is 0 Å². The molecular weight excluding hydrogens is 506 g/mol. The minimum Gasteiger partial charge on any atom is -0.487 e. The summed E-state index contributed by atoms with van der Waals surface area (Å²) in [4.78, 5) is 21.9. The largest absolute Gasteiger partial charge is 0.487 e. The van der Waals surface area contributed by atoms with E-state index < -0.39 is 5.41 Å². The lowest BCUT2D eigenvalue weighted by Crippen LogP contribution is -2.30. The number of benzene rings is 2. The Morgan fingerprint density at radius 1 is 1.09 bits per heavy atom. The molecular formula is C28H30BrN3O3. The van der Waals surface area contributed by atoms with E-state index in [9.17, 15) is 4.79 Å². The van der Waals surface area contributed by atoms with Crippen LogP contribution in [0.15, 0.2) is 65.3 Å². The first-order valence-electron chi connectivity index (χ1n) is 11.7. The van der Waals surface area contributed by atoms with Gasteiger partial charge in [-0.1, -0.05) is 34.1 Å². The summed E-state index contributed by atoms with van der Waals surface area (Å²) < 4.78 is 14.6. The molecule has 4 aromatic rings. The fourth-order valence-electron chi connectivity index (χ4n) is 3.86. The van der Waals surface area contributed by atoms with E-state index in [1.807, 2.05) is 76.4 Å². The van der Waals surface area contributed by atoms with E-state index in [0.717, 1.165) is 43.9 Å². The Labute approximate surface area is 214 Å². The zero-order valence-electron chi connectivity index (χ0n) is 20.5. The van der Waals surface area contributed by atoms with E-state index in [0.29, 0.717) is 26.2 Å². The van der Waals surface area contributed by atoms with Crippen LogP contribution >= 0.6 is 15.9 Å². The van der Waals surface area contributed by atoms with E-state index >= 15 is 0 Å². The predicted molar refractivity (Wildman–Crippen MR) is 140 cm³/mol. The van der Waals surface area contributed by atoms with Crippen molar-refractivity contribution in [3.8, 4) is 5.75 Å². The molecule has 0 aliphatic rings. The molecule has 2 heterocycles. The second-order valence-electron chi connectivity index (χ2n) is 9.29. The molecule has 7 heteroatoms. The second kappa shape index (κ2) is 10.6. The first kappa shape index (κ1) is 24.9. The van der Waals surface area contributed by atoms with Crippen molar-refractivity contribution in [3.05, 3.63) is 87.9 Å². The molecule has 182 valence electrons. The zero-order valence-corrected chi connectivity index (χ0v) is 22.1. The fraction of sp³-hybridized carbons (Fsp3) is 0.321. The predicted octanol–water partition coefficient (Wildman–Crippen LogP) is 6.26. The molecule has 0 radical (unpaired) electrons. The third-order valence-electron chi connectivity index (χ3n) is 5.84. The fourth-order valence-corrected chi connectivity index (χ4v) is 4.13. The summed E-state index contributed by atoms with van der Waals surface area (Å²) in [5, 5.41) is 0. The Morgan fingerprint density at radius 3 is 2.54 bits per heavy atom. The maximum atomic E-state index is 12.6. The number of pyridine rings is 1. The molecule has 0 atom stereocenters. The van der Waals surface area contributed by atoms with Crippen molar-refractivity contribution < 1.29 is 14.3 Å². The maximum Gasteiger partial charge on any atom is 0.311 e. The number of fused-ring (bicyclic) bond motifs is 1. The van der Waals surface area contributed by atoms with Crippen molar-refractivity contribution in [2.24, 2.45) is 5.41 Å². The third kappa shape index (κ3) is 6.09.